The first-order chi connectivity index (χ1) is 22.1. The van der Waals surface area contributed by atoms with Crippen LogP contribution in [0.2, 0.25) is 0 Å². The van der Waals surface area contributed by atoms with Crippen LogP contribution in [-0.2, 0) is 20.4 Å². The highest BCUT2D eigenvalue weighted by Crippen LogP contribution is 2.33. The van der Waals surface area contributed by atoms with Gasteiger partial charge in [-0.05, 0) is 88.9 Å². The lowest BCUT2D eigenvalue weighted by Gasteiger charge is -2.42. The third-order valence-corrected chi connectivity index (χ3v) is 8.43. The lowest BCUT2D eigenvalue weighted by Crippen LogP contribution is -2.55. The predicted octanol–water partition coefficient (Wildman–Crippen LogP) is 4.85. The summed E-state index contributed by atoms with van der Waals surface area (Å²) in [6.07, 6.45) is -3.44. The van der Waals surface area contributed by atoms with E-state index in [9.17, 15) is 32.3 Å². The summed E-state index contributed by atoms with van der Waals surface area (Å²) in [4.78, 5) is 55.0. The zero-order chi connectivity index (χ0) is 34.1. The van der Waals surface area contributed by atoms with E-state index in [1.165, 1.54) is 17.0 Å². The van der Waals surface area contributed by atoms with Crippen LogP contribution in [0.3, 0.4) is 0 Å². The van der Waals surface area contributed by atoms with Gasteiger partial charge in [0.2, 0.25) is 5.91 Å². The van der Waals surface area contributed by atoms with Crippen LogP contribution in [0.1, 0.15) is 72.7 Å². The number of nitrogens with one attached hydrogen (secondary N) is 2. The van der Waals surface area contributed by atoms with Gasteiger partial charge in [0, 0.05) is 31.4 Å². The van der Waals surface area contributed by atoms with Crippen molar-refractivity contribution >= 4 is 29.5 Å². The molecule has 0 aliphatic carbocycles. The van der Waals surface area contributed by atoms with Crippen molar-refractivity contribution in [1.29, 1.82) is 0 Å². The van der Waals surface area contributed by atoms with Gasteiger partial charge in [-0.3, -0.25) is 19.3 Å². The number of alkyl halides is 3. The molecule has 4 atom stereocenters. The Bertz CT molecular complexity index is 1510. The highest BCUT2D eigenvalue weighted by molar-refractivity contribution is 6.05. The van der Waals surface area contributed by atoms with Crippen LogP contribution in [0.4, 0.5) is 23.7 Å². The minimum atomic E-state index is -4.52. The van der Waals surface area contributed by atoms with E-state index >= 15 is 0 Å². The van der Waals surface area contributed by atoms with Gasteiger partial charge >= 0.3 is 12.3 Å². The molecule has 2 fully saturated rings. The number of halogens is 3. The molecule has 0 unspecified atom stereocenters. The van der Waals surface area contributed by atoms with Gasteiger partial charge in [0.15, 0.2) is 0 Å². The number of benzene rings is 2. The Kier molecular flexibility index (Phi) is 9.71. The van der Waals surface area contributed by atoms with Crippen LogP contribution in [0.25, 0.3) is 0 Å². The number of nitrogens with zero attached hydrogens (tertiary/aromatic N) is 2. The largest absolute Gasteiger partial charge is 0.490 e. The van der Waals surface area contributed by atoms with Crippen molar-refractivity contribution in [3.63, 3.8) is 0 Å². The maximum Gasteiger partial charge on any atom is 0.416 e. The van der Waals surface area contributed by atoms with E-state index in [1.54, 1.807) is 38.8 Å². The number of likely N-dealkylation sites (tertiary alicyclic amines) is 1. The fraction of sp³-hybridized carbons (Fsp3) is 0.515. The van der Waals surface area contributed by atoms with Gasteiger partial charge in [-0.15, -0.1) is 0 Å². The van der Waals surface area contributed by atoms with Crippen molar-refractivity contribution in [2.75, 3.05) is 32.1 Å². The average molecular weight is 661 g/mol. The third-order valence-electron chi connectivity index (χ3n) is 8.43. The van der Waals surface area contributed by atoms with E-state index in [0.29, 0.717) is 32.2 Å². The number of carbonyl (C=O) groups excluding carboxylic acids is 4. The Morgan fingerprint density at radius 1 is 1.02 bits per heavy atom. The summed E-state index contributed by atoms with van der Waals surface area (Å²) in [7, 11) is 1.67. The molecule has 3 heterocycles. The number of ether oxygens (including phenoxy) is 3. The van der Waals surface area contributed by atoms with Crippen LogP contribution in [0.5, 0.6) is 5.75 Å². The van der Waals surface area contributed by atoms with Crippen molar-refractivity contribution in [3.8, 4) is 5.75 Å². The van der Waals surface area contributed by atoms with Gasteiger partial charge in [0.25, 0.3) is 11.8 Å². The predicted molar refractivity (Wildman–Crippen MR) is 164 cm³/mol. The number of amides is 4. The van der Waals surface area contributed by atoms with Crippen molar-refractivity contribution in [2.24, 2.45) is 0 Å². The summed E-state index contributed by atoms with van der Waals surface area (Å²) in [5, 5.41) is 5.55. The van der Waals surface area contributed by atoms with Crippen LogP contribution in [0, 0.1) is 0 Å². The molecule has 3 aliphatic heterocycles. The second-order valence-corrected chi connectivity index (χ2v) is 13.0. The topological polar surface area (TPSA) is 127 Å². The number of likely N-dealkylation sites (N-methyl/N-ethyl adjacent to an activating group) is 1. The van der Waals surface area contributed by atoms with Crippen LogP contribution in [-0.4, -0.2) is 90.3 Å². The molecule has 0 saturated carbocycles. The summed E-state index contributed by atoms with van der Waals surface area (Å²) in [6.45, 7) is 6.14. The fourth-order valence-electron chi connectivity index (χ4n) is 6.03. The molecule has 0 aromatic heterocycles. The normalized spacial score (nSPS) is 23.1. The molecule has 0 radical (unpaired) electrons. The van der Waals surface area contributed by atoms with E-state index in [1.807, 2.05) is 0 Å². The summed E-state index contributed by atoms with van der Waals surface area (Å²) < 4.78 is 56.4. The van der Waals surface area contributed by atoms with Gasteiger partial charge in [-0.25, -0.2) is 4.79 Å². The van der Waals surface area contributed by atoms with Gasteiger partial charge in [-0.1, -0.05) is 0 Å². The number of hydrogen-bond acceptors (Lipinski definition) is 7. The number of hydrogen-bond donors (Lipinski definition) is 2. The van der Waals surface area contributed by atoms with Crippen molar-refractivity contribution < 1.29 is 46.6 Å². The molecule has 11 nitrogen and oxygen atoms in total. The second-order valence-electron chi connectivity index (χ2n) is 13.0. The molecule has 5 rings (SSSR count). The number of rotatable bonds is 5. The minimum Gasteiger partial charge on any atom is -0.490 e. The summed E-state index contributed by atoms with van der Waals surface area (Å²) >= 11 is 0. The van der Waals surface area contributed by atoms with Gasteiger partial charge in [0.05, 0.1) is 23.3 Å². The van der Waals surface area contributed by atoms with E-state index in [0.717, 1.165) is 24.3 Å². The second kappa shape index (κ2) is 13.4. The third kappa shape index (κ3) is 7.98. The molecule has 254 valence electrons. The molecule has 14 heteroatoms. The molecule has 0 bridgehead atoms. The summed E-state index contributed by atoms with van der Waals surface area (Å²) in [6, 6.07) is 7.46. The zero-order valence-electron chi connectivity index (χ0n) is 26.7. The highest BCUT2D eigenvalue weighted by atomic mass is 19.4. The molecule has 2 saturated heterocycles. The Morgan fingerprint density at radius 3 is 2.43 bits per heavy atom. The van der Waals surface area contributed by atoms with E-state index in [2.05, 4.69) is 10.6 Å². The molecular weight excluding hydrogens is 621 g/mol. The van der Waals surface area contributed by atoms with Crippen molar-refractivity contribution in [3.05, 3.63) is 59.2 Å². The quantitative estimate of drug-likeness (QED) is 0.470. The number of carbonyl (C=O) groups is 4. The monoisotopic (exact) mass is 660 g/mol. The fourth-order valence-corrected chi connectivity index (χ4v) is 6.03. The van der Waals surface area contributed by atoms with E-state index in [-0.39, 0.29) is 59.7 Å². The molecular formula is C33H39F3N4O7. The summed E-state index contributed by atoms with van der Waals surface area (Å²) in [5.74, 6) is -0.958. The van der Waals surface area contributed by atoms with Gasteiger partial charge < -0.3 is 29.7 Å². The van der Waals surface area contributed by atoms with Crippen molar-refractivity contribution in [1.82, 2.24) is 15.1 Å². The zero-order valence-corrected chi connectivity index (χ0v) is 26.7. The lowest BCUT2D eigenvalue weighted by atomic mass is 9.95. The molecule has 3 aliphatic rings. The summed E-state index contributed by atoms with van der Waals surface area (Å²) in [5.41, 5.74) is -1.01. The maximum atomic E-state index is 13.6. The molecule has 2 aromatic rings. The molecule has 2 N–H and O–H groups in total. The van der Waals surface area contributed by atoms with Gasteiger partial charge in [0.1, 0.15) is 30.1 Å². The SMILES string of the molecule is CN1C(=O)c2cc(NC(=O)c3ccc(C(F)(F)F)cc3)ccc2OC[C@@H]2O[C@H](CNC(=O)[C@H]3CCCN3C(=O)OC(C)(C)C)CC[C@@H]21. The van der Waals surface area contributed by atoms with Crippen LogP contribution < -0.4 is 15.4 Å². The Morgan fingerprint density at radius 2 is 1.74 bits per heavy atom. The molecule has 4 amide bonds. The Labute approximate surface area is 270 Å². The first-order valence-corrected chi connectivity index (χ1v) is 15.6. The minimum absolute atomic E-state index is 0.0287. The standard InChI is InChI=1S/C33H39F3N4O7/c1-32(2,3)47-31(44)40-15-5-6-25(40)29(42)37-17-22-12-13-24-27(46-22)18-45-26-14-11-21(16-23(26)30(43)39(24)4)38-28(41)19-7-9-20(10-8-19)33(34,35)36/h7-11,14,16,22,24-25,27H,5-6,12-13,15,17-18H2,1-4H3,(H,37,42)(H,38,41)/t22-,24-,25+,27-/m0/s1. The number of fused-ring (bicyclic) bond motifs is 2. The Hall–Kier alpha value is -4.33. The average Bonchev–Trinajstić information content (AvgIpc) is 3.51. The maximum absolute atomic E-state index is 13.6. The smallest absolute Gasteiger partial charge is 0.416 e. The Balaban J connectivity index is 1.19. The van der Waals surface area contributed by atoms with Gasteiger partial charge in [-0.2, -0.15) is 13.2 Å². The first kappa shape index (κ1) is 34.0. The molecule has 47 heavy (non-hydrogen) atoms. The van der Waals surface area contributed by atoms with Crippen LogP contribution >= 0.6 is 0 Å². The van der Waals surface area contributed by atoms with Crippen molar-refractivity contribution in [2.45, 2.75) is 82.5 Å². The van der Waals surface area contributed by atoms with E-state index in [4.69, 9.17) is 14.2 Å². The molecule has 0 spiro atoms. The molecule has 2 aromatic carbocycles. The lowest BCUT2D eigenvalue weighted by molar-refractivity contribution is -0.137. The first-order valence-electron chi connectivity index (χ1n) is 15.6. The van der Waals surface area contributed by atoms with Crippen LogP contribution in [0.15, 0.2) is 42.5 Å². The number of anilines is 1. The highest BCUT2D eigenvalue weighted by Gasteiger charge is 2.40. The van der Waals surface area contributed by atoms with E-state index < -0.39 is 41.5 Å².